The Bertz CT molecular complexity index is 357. The van der Waals surface area contributed by atoms with Crippen LogP contribution < -0.4 is 16.6 Å². The highest BCUT2D eigenvalue weighted by Gasteiger charge is 2.09. The largest absolute Gasteiger partial charge is 0.385 e. The molecule has 1 rings (SSSR count). The van der Waals surface area contributed by atoms with E-state index in [4.69, 9.17) is 10.6 Å². The van der Waals surface area contributed by atoms with Gasteiger partial charge in [-0.3, -0.25) is 15.6 Å². The van der Waals surface area contributed by atoms with Crippen LogP contribution in [-0.2, 0) is 4.74 Å². The van der Waals surface area contributed by atoms with Gasteiger partial charge in [-0.1, -0.05) is 0 Å². The van der Waals surface area contributed by atoms with Crippen molar-refractivity contribution in [2.45, 2.75) is 12.8 Å². The van der Waals surface area contributed by atoms with Crippen LogP contribution in [-0.4, -0.2) is 31.2 Å². The highest BCUT2D eigenvalue weighted by Crippen LogP contribution is 2.11. The Hall–Kier alpha value is -1.66. The third-order valence-electron chi connectivity index (χ3n) is 2.28. The van der Waals surface area contributed by atoms with Crippen molar-refractivity contribution < 1.29 is 9.53 Å². The zero-order valence-electron chi connectivity index (χ0n) is 9.90. The van der Waals surface area contributed by atoms with E-state index in [0.717, 1.165) is 12.8 Å². The van der Waals surface area contributed by atoms with E-state index in [2.05, 4.69) is 15.7 Å². The molecule has 0 bridgehead atoms. The smallest absolute Gasteiger partial charge is 0.255 e. The number of nitrogens with one attached hydrogen (secondary N) is 2. The molecule has 0 aromatic carbocycles. The molecule has 0 radical (unpaired) electrons. The first-order chi connectivity index (χ1) is 8.29. The highest BCUT2D eigenvalue weighted by molar-refractivity contribution is 5.99. The van der Waals surface area contributed by atoms with Crippen molar-refractivity contribution in [3.05, 3.63) is 24.0 Å². The number of methoxy groups -OCH3 is 1. The van der Waals surface area contributed by atoms with Crippen molar-refractivity contribution in [2.24, 2.45) is 5.84 Å². The molecule has 0 aliphatic heterocycles. The van der Waals surface area contributed by atoms with Crippen LogP contribution in [0.25, 0.3) is 0 Å². The summed E-state index contributed by atoms with van der Waals surface area (Å²) in [5.74, 6) is 5.13. The van der Waals surface area contributed by atoms with Gasteiger partial charge in [-0.15, -0.1) is 0 Å². The van der Waals surface area contributed by atoms with Gasteiger partial charge in [0, 0.05) is 32.7 Å². The summed E-state index contributed by atoms with van der Waals surface area (Å²) in [7, 11) is 1.66. The summed E-state index contributed by atoms with van der Waals surface area (Å²) in [6.07, 6.45) is 4.86. The van der Waals surface area contributed by atoms with Gasteiger partial charge >= 0.3 is 0 Å². The van der Waals surface area contributed by atoms with Gasteiger partial charge in [-0.05, 0) is 18.9 Å². The van der Waals surface area contributed by atoms with Gasteiger partial charge in [0.1, 0.15) is 0 Å². The Balaban J connectivity index is 2.41. The number of nitrogens with zero attached hydrogens (tertiary/aromatic N) is 1. The van der Waals surface area contributed by atoms with Crippen molar-refractivity contribution in [3.8, 4) is 0 Å². The number of carbonyl (C=O) groups is 1. The molecule has 6 heteroatoms. The number of pyridine rings is 1. The van der Waals surface area contributed by atoms with E-state index >= 15 is 0 Å². The fraction of sp³-hybridized carbons (Fsp3) is 0.455. The van der Waals surface area contributed by atoms with Gasteiger partial charge in [0.05, 0.1) is 11.3 Å². The van der Waals surface area contributed by atoms with Crippen molar-refractivity contribution in [3.63, 3.8) is 0 Å². The zero-order valence-corrected chi connectivity index (χ0v) is 9.90. The molecule has 94 valence electrons. The third kappa shape index (κ3) is 4.38. The predicted molar refractivity (Wildman–Crippen MR) is 65.5 cm³/mol. The lowest BCUT2D eigenvalue weighted by Gasteiger charge is -2.08. The number of hydrazine groups is 1. The molecule has 17 heavy (non-hydrogen) atoms. The highest BCUT2D eigenvalue weighted by atomic mass is 16.5. The van der Waals surface area contributed by atoms with Gasteiger partial charge in [0.15, 0.2) is 0 Å². The van der Waals surface area contributed by atoms with Crippen LogP contribution in [0.3, 0.4) is 0 Å². The maximum Gasteiger partial charge on any atom is 0.255 e. The normalized spacial score (nSPS) is 10.0. The topological polar surface area (TPSA) is 89.3 Å². The molecule has 1 aromatic heterocycles. The Morgan fingerprint density at radius 2 is 2.35 bits per heavy atom. The van der Waals surface area contributed by atoms with Gasteiger partial charge in [0.25, 0.3) is 5.91 Å². The van der Waals surface area contributed by atoms with Crippen molar-refractivity contribution >= 4 is 11.6 Å². The van der Waals surface area contributed by atoms with Crippen LogP contribution >= 0.6 is 0 Å². The van der Waals surface area contributed by atoms with Crippen LogP contribution in [0.15, 0.2) is 18.5 Å². The number of amides is 1. The van der Waals surface area contributed by atoms with Gasteiger partial charge in [0.2, 0.25) is 0 Å². The first kappa shape index (κ1) is 13.4. The average Bonchev–Trinajstić information content (AvgIpc) is 2.38. The third-order valence-corrected chi connectivity index (χ3v) is 2.28. The predicted octanol–water partition coefficient (Wildman–Crippen LogP) is 0.524. The van der Waals surface area contributed by atoms with Crippen molar-refractivity contribution in [2.75, 3.05) is 25.7 Å². The van der Waals surface area contributed by atoms with E-state index in [-0.39, 0.29) is 5.91 Å². The molecule has 1 amide bonds. The summed E-state index contributed by atoms with van der Waals surface area (Å²) in [4.78, 5) is 15.7. The van der Waals surface area contributed by atoms with Gasteiger partial charge in [-0.25, -0.2) is 0 Å². The number of rotatable bonds is 7. The Labute approximate surface area is 101 Å². The lowest BCUT2D eigenvalue weighted by molar-refractivity contribution is 0.0952. The molecule has 1 heterocycles. The molecule has 0 aliphatic carbocycles. The quantitative estimate of drug-likeness (QED) is 0.366. The molecule has 6 nitrogen and oxygen atoms in total. The first-order valence-electron chi connectivity index (χ1n) is 5.47. The molecule has 0 saturated carbocycles. The van der Waals surface area contributed by atoms with Crippen LogP contribution in [0.4, 0.5) is 5.69 Å². The molecule has 0 fully saturated rings. The molecule has 0 spiro atoms. The molecular weight excluding hydrogens is 220 g/mol. The second kappa shape index (κ2) is 7.59. The molecular formula is C11H18N4O2. The standard InChI is InChI=1S/C11H18N4O2/c1-17-7-3-2-5-14-11(16)9-8-13-6-4-10(9)15-12/h4,6,8H,2-3,5,7,12H2,1H3,(H,13,15)(H,14,16). The maximum absolute atomic E-state index is 11.8. The first-order valence-corrected chi connectivity index (χ1v) is 5.47. The van der Waals surface area contributed by atoms with Crippen molar-refractivity contribution in [1.82, 2.24) is 10.3 Å². The lowest BCUT2D eigenvalue weighted by atomic mass is 10.2. The van der Waals surface area contributed by atoms with Crippen LogP contribution in [0, 0.1) is 0 Å². The summed E-state index contributed by atoms with van der Waals surface area (Å²) < 4.78 is 4.92. The monoisotopic (exact) mass is 238 g/mol. The molecule has 1 aromatic rings. The minimum absolute atomic E-state index is 0.177. The summed E-state index contributed by atoms with van der Waals surface area (Å²) >= 11 is 0. The second-order valence-electron chi connectivity index (χ2n) is 3.52. The van der Waals surface area contributed by atoms with Crippen molar-refractivity contribution in [1.29, 1.82) is 0 Å². The average molecular weight is 238 g/mol. The van der Waals surface area contributed by atoms with Gasteiger partial charge in [-0.2, -0.15) is 0 Å². The number of carbonyl (C=O) groups excluding carboxylic acids is 1. The lowest BCUT2D eigenvalue weighted by Crippen LogP contribution is -2.26. The van der Waals surface area contributed by atoms with E-state index in [0.29, 0.717) is 24.4 Å². The number of nitrogen functional groups attached to an aromatic ring is 1. The number of ether oxygens (including phenoxy) is 1. The fourth-order valence-electron chi connectivity index (χ4n) is 1.37. The molecule has 0 aliphatic rings. The minimum Gasteiger partial charge on any atom is -0.385 e. The van der Waals surface area contributed by atoms with Crippen LogP contribution in [0.1, 0.15) is 23.2 Å². The van der Waals surface area contributed by atoms with Gasteiger partial charge < -0.3 is 15.5 Å². The number of anilines is 1. The molecule has 0 unspecified atom stereocenters. The maximum atomic E-state index is 11.8. The molecule has 0 saturated heterocycles. The number of hydrogen-bond acceptors (Lipinski definition) is 5. The summed E-state index contributed by atoms with van der Waals surface area (Å²) in [5, 5.41) is 2.80. The fourth-order valence-corrected chi connectivity index (χ4v) is 1.37. The summed E-state index contributed by atoms with van der Waals surface area (Å²) in [6, 6.07) is 1.65. The van der Waals surface area contributed by atoms with Crippen LogP contribution in [0.2, 0.25) is 0 Å². The van der Waals surface area contributed by atoms with Crippen LogP contribution in [0.5, 0.6) is 0 Å². The van der Waals surface area contributed by atoms with E-state index in [9.17, 15) is 4.79 Å². The zero-order chi connectivity index (χ0) is 12.5. The Kier molecular flexibility index (Phi) is 5.98. The summed E-state index contributed by atoms with van der Waals surface area (Å²) in [6.45, 7) is 1.32. The van der Waals surface area contributed by atoms with E-state index in [1.54, 1.807) is 19.4 Å². The Morgan fingerprint density at radius 1 is 1.53 bits per heavy atom. The second-order valence-corrected chi connectivity index (χ2v) is 3.52. The Morgan fingerprint density at radius 3 is 3.06 bits per heavy atom. The summed E-state index contributed by atoms with van der Waals surface area (Å²) in [5.41, 5.74) is 3.48. The molecule has 4 N–H and O–H groups in total. The SMILES string of the molecule is COCCCCNC(=O)c1cnccc1NN. The molecule has 0 atom stereocenters. The number of aromatic nitrogens is 1. The number of unbranched alkanes of at least 4 members (excludes halogenated alkanes) is 1. The van der Waals surface area contributed by atoms with E-state index in [1.165, 1.54) is 6.20 Å². The van der Waals surface area contributed by atoms with E-state index < -0.39 is 0 Å². The minimum atomic E-state index is -0.177. The number of nitrogens with two attached hydrogens (primary N) is 1. The number of hydrogen-bond donors (Lipinski definition) is 3. The van der Waals surface area contributed by atoms with E-state index in [1.807, 2.05) is 0 Å².